The fourth-order valence-electron chi connectivity index (χ4n) is 4.77. The van der Waals surface area contributed by atoms with E-state index in [2.05, 4.69) is 23.6 Å². The highest BCUT2D eigenvalue weighted by molar-refractivity contribution is 7.21. The first-order valence-electron chi connectivity index (χ1n) is 13.3. The lowest BCUT2D eigenvalue weighted by Crippen LogP contribution is -2.51. The number of hydrogen-bond donors (Lipinski definition) is 2. The average Bonchev–Trinajstić information content (AvgIpc) is 3.58. The van der Waals surface area contributed by atoms with Crippen molar-refractivity contribution in [3.8, 4) is 22.0 Å². The predicted molar refractivity (Wildman–Crippen MR) is 156 cm³/mol. The summed E-state index contributed by atoms with van der Waals surface area (Å²) >= 11 is 1.62. The van der Waals surface area contributed by atoms with Gasteiger partial charge in [-0.05, 0) is 71.0 Å². The number of ether oxygens (including phenoxy) is 2. The van der Waals surface area contributed by atoms with Gasteiger partial charge in [-0.1, -0.05) is 6.07 Å². The second-order valence-electron chi connectivity index (χ2n) is 9.90. The molecule has 0 aliphatic carbocycles. The molecule has 0 bridgehead atoms. The Hall–Kier alpha value is -4.81. The Kier molecular flexibility index (Phi) is 7.55. The van der Waals surface area contributed by atoms with Crippen LogP contribution in [-0.4, -0.2) is 53.3 Å². The van der Waals surface area contributed by atoms with Crippen LogP contribution in [0.5, 0.6) is 5.75 Å². The molecular weight excluding hydrogens is 558 g/mol. The van der Waals surface area contributed by atoms with Gasteiger partial charge in [0.2, 0.25) is 11.6 Å². The molecule has 2 aromatic heterocycles. The van der Waals surface area contributed by atoms with E-state index in [1.165, 1.54) is 15.1 Å². The zero-order valence-corrected chi connectivity index (χ0v) is 23.8. The van der Waals surface area contributed by atoms with Gasteiger partial charge in [-0.2, -0.15) is 0 Å². The second kappa shape index (κ2) is 11.6. The summed E-state index contributed by atoms with van der Waals surface area (Å²) in [5.74, 6) is -0.0667. The molecule has 1 aliphatic rings. The quantitative estimate of drug-likeness (QED) is 0.266. The lowest BCUT2D eigenvalue weighted by molar-refractivity contribution is -0.678. The van der Waals surface area contributed by atoms with Gasteiger partial charge in [-0.25, -0.2) is 9.78 Å². The molecule has 11 nitrogen and oxygen atoms in total. The highest BCUT2D eigenvalue weighted by Crippen LogP contribution is 2.31. The van der Waals surface area contributed by atoms with Crippen LogP contribution in [0.3, 0.4) is 0 Å². The number of hydrogen-bond acceptors (Lipinski definition) is 8. The van der Waals surface area contributed by atoms with Crippen molar-refractivity contribution in [2.75, 3.05) is 25.6 Å². The Labute approximate surface area is 244 Å². The number of nitrogens with one attached hydrogen (secondary N) is 2. The van der Waals surface area contributed by atoms with Crippen LogP contribution in [0.25, 0.3) is 26.5 Å². The Morgan fingerprint density at radius 3 is 2.69 bits per heavy atom. The fraction of sp³-hybridized carbons (Fsp3) is 0.233. The SMILES string of the molecule is COc1ccc(-[n+]2[nH]oc(=O)c2CN2CCOC(CC(=O)Nc3ccc(-c4nc5ccc(C)cc5s4)cc3)C2=O)cc1. The van der Waals surface area contributed by atoms with Crippen molar-refractivity contribution in [1.82, 2.24) is 15.2 Å². The summed E-state index contributed by atoms with van der Waals surface area (Å²) < 4.78 is 18.4. The van der Waals surface area contributed by atoms with Crippen LogP contribution in [0.2, 0.25) is 0 Å². The molecule has 2 amide bonds. The molecule has 1 atom stereocenters. The van der Waals surface area contributed by atoms with E-state index < -0.39 is 11.7 Å². The molecule has 2 N–H and O–H groups in total. The number of aryl methyl sites for hydroxylation is 1. The lowest BCUT2D eigenvalue weighted by atomic mass is 10.1. The molecule has 0 spiro atoms. The van der Waals surface area contributed by atoms with Crippen molar-refractivity contribution in [3.05, 3.63) is 88.4 Å². The van der Waals surface area contributed by atoms with Gasteiger partial charge in [0, 0.05) is 29.9 Å². The molecule has 214 valence electrons. The molecule has 1 aliphatic heterocycles. The molecule has 1 saturated heterocycles. The lowest BCUT2D eigenvalue weighted by Gasteiger charge is -2.30. The maximum atomic E-state index is 13.2. The number of rotatable bonds is 8. The van der Waals surface area contributed by atoms with Crippen LogP contribution in [0.1, 0.15) is 17.7 Å². The number of morpholine rings is 1. The average molecular weight is 587 g/mol. The number of aromatic nitrogens is 3. The predicted octanol–water partition coefficient (Wildman–Crippen LogP) is 3.59. The van der Waals surface area contributed by atoms with Crippen molar-refractivity contribution in [3.63, 3.8) is 0 Å². The molecular formula is C30H28N5O6S+. The molecule has 3 heterocycles. The Bertz CT molecular complexity index is 1810. The molecule has 5 aromatic rings. The first-order valence-corrected chi connectivity index (χ1v) is 14.1. The minimum Gasteiger partial charge on any atom is -0.497 e. The van der Waals surface area contributed by atoms with Crippen LogP contribution in [0.15, 0.2) is 76.0 Å². The summed E-state index contributed by atoms with van der Waals surface area (Å²) in [5.41, 5.74) is 3.98. The van der Waals surface area contributed by atoms with E-state index in [0.717, 1.165) is 20.8 Å². The summed E-state index contributed by atoms with van der Waals surface area (Å²) in [7, 11) is 1.57. The molecule has 1 fully saturated rings. The summed E-state index contributed by atoms with van der Waals surface area (Å²) in [4.78, 5) is 44.7. The zero-order chi connectivity index (χ0) is 29.2. The Balaban J connectivity index is 1.09. The number of H-pyrrole nitrogens is 1. The number of fused-ring (bicyclic) bond motifs is 1. The van der Waals surface area contributed by atoms with Crippen molar-refractivity contribution >= 4 is 39.1 Å². The number of amides is 2. The van der Waals surface area contributed by atoms with E-state index in [0.29, 0.717) is 17.1 Å². The van der Waals surface area contributed by atoms with Gasteiger partial charge in [0.15, 0.2) is 0 Å². The summed E-state index contributed by atoms with van der Waals surface area (Å²) in [6.07, 6.45) is -1.13. The first kappa shape index (κ1) is 27.4. The normalized spacial score (nSPS) is 15.2. The van der Waals surface area contributed by atoms with Crippen LogP contribution in [0.4, 0.5) is 5.69 Å². The van der Waals surface area contributed by atoms with Crippen molar-refractivity contribution in [2.45, 2.75) is 26.0 Å². The van der Waals surface area contributed by atoms with Gasteiger partial charge in [-0.15, -0.1) is 11.3 Å². The van der Waals surface area contributed by atoms with Gasteiger partial charge in [-0.3, -0.25) is 14.1 Å². The third-order valence-corrected chi connectivity index (χ3v) is 8.07. The van der Waals surface area contributed by atoms with Crippen LogP contribution >= 0.6 is 11.3 Å². The highest BCUT2D eigenvalue weighted by atomic mass is 32.1. The standard InChI is InChI=1S/C30H27N5O6S/c1-18-3-12-23-26(15-18)42-28(32-23)19-4-6-20(7-5-19)31-27(36)16-25-29(37)34(13-14-40-25)17-24-30(38)41-33-35(24)21-8-10-22(39-2)11-9-21/h3-12,15,25H,13-14,16-17H2,1-2H3,(H-,31,32,33,36,38)/p+1. The number of nitrogens with zero attached hydrogens (tertiary/aromatic N) is 3. The molecule has 12 heteroatoms. The van der Waals surface area contributed by atoms with Crippen LogP contribution < -0.4 is 20.4 Å². The third-order valence-electron chi connectivity index (χ3n) is 7.00. The van der Waals surface area contributed by atoms with Crippen molar-refractivity contribution < 1.29 is 28.3 Å². The van der Waals surface area contributed by atoms with Crippen molar-refractivity contribution in [2.24, 2.45) is 0 Å². The summed E-state index contributed by atoms with van der Waals surface area (Å²) in [6, 6.07) is 20.6. The fourth-order valence-corrected chi connectivity index (χ4v) is 5.84. The van der Waals surface area contributed by atoms with E-state index in [1.807, 2.05) is 36.4 Å². The number of anilines is 1. The molecule has 0 radical (unpaired) electrons. The van der Waals surface area contributed by atoms with E-state index in [1.54, 1.807) is 42.7 Å². The van der Waals surface area contributed by atoms with Gasteiger partial charge < -0.3 is 19.7 Å². The van der Waals surface area contributed by atoms with E-state index in [4.69, 9.17) is 19.0 Å². The second-order valence-corrected chi connectivity index (χ2v) is 10.9. The van der Waals surface area contributed by atoms with E-state index in [-0.39, 0.29) is 43.6 Å². The van der Waals surface area contributed by atoms with Crippen molar-refractivity contribution in [1.29, 1.82) is 0 Å². The van der Waals surface area contributed by atoms with Gasteiger partial charge >= 0.3 is 11.3 Å². The molecule has 42 heavy (non-hydrogen) atoms. The minimum absolute atomic E-state index is 0.00896. The Morgan fingerprint density at radius 1 is 1.14 bits per heavy atom. The maximum Gasteiger partial charge on any atom is 0.432 e. The number of carbonyl (C=O) groups is 2. The topological polar surface area (TPSA) is 131 Å². The zero-order valence-electron chi connectivity index (χ0n) is 23.0. The third kappa shape index (κ3) is 5.67. The first-order chi connectivity index (χ1) is 20.4. The van der Waals surface area contributed by atoms with Gasteiger partial charge in [0.05, 0.1) is 30.4 Å². The molecule has 3 aromatic carbocycles. The largest absolute Gasteiger partial charge is 0.497 e. The maximum absolute atomic E-state index is 13.2. The molecule has 1 unspecified atom stereocenters. The monoisotopic (exact) mass is 586 g/mol. The van der Waals surface area contributed by atoms with Crippen LogP contribution in [-0.2, 0) is 20.9 Å². The number of aromatic amines is 1. The molecule has 6 rings (SSSR count). The highest BCUT2D eigenvalue weighted by Gasteiger charge is 2.35. The Morgan fingerprint density at radius 2 is 1.93 bits per heavy atom. The van der Waals surface area contributed by atoms with Gasteiger partial charge in [0.1, 0.15) is 23.4 Å². The number of thiazole rings is 1. The minimum atomic E-state index is -0.968. The summed E-state index contributed by atoms with van der Waals surface area (Å²) in [5, 5.41) is 6.32. The van der Waals surface area contributed by atoms with E-state index in [9.17, 15) is 14.4 Å². The van der Waals surface area contributed by atoms with Gasteiger partial charge in [0.25, 0.3) is 5.91 Å². The molecule has 0 saturated carbocycles. The van der Waals surface area contributed by atoms with E-state index >= 15 is 0 Å². The van der Waals surface area contributed by atoms with Crippen LogP contribution in [0, 0.1) is 6.92 Å². The smallest absolute Gasteiger partial charge is 0.432 e. The summed E-state index contributed by atoms with van der Waals surface area (Å²) in [6.45, 7) is 2.56. The number of benzene rings is 3. The number of carbonyl (C=O) groups excluding carboxylic acids is 2. The number of methoxy groups -OCH3 is 1.